The van der Waals surface area contributed by atoms with Gasteiger partial charge in [-0.05, 0) is 48.2 Å². The van der Waals surface area contributed by atoms with Crippen molar-refractivity contribution >= 4 is 5.97 Å². The standard InChI is InChI=1S/C18H20O3/c1-2-3-4-14-5-7-15(8-6-14)13-21-17-11-9-16(10-12-17)18(19)20/h5-12H,2-4,13H2,1H3,(H,19,20). The number of aryl methyl sites for hydroxylation is 1. The van der Waals surface area contributed by atoms with E-state index < -0.39 is 5.97 Å². The lowest BCUT2D eigenvalue weighted by Crippen LogP contribution is -1.98. The van der Waals surface area contributed by atoms with Gasteiger partial charge in [-0.3, -0.25) is 0 Å². The highest BCUT2D eigenvalue weighted by Gasteiger charge is 2.02. The molecule has 0 radical (unpaired) electrons. The molecule has 21 heavy (non-hydrogen) atoms. The van der Waals surface area contributed by atoms with Gasteiger partial charge < -0.3 is 9.84 Å². The van der Waals surface area contributed by atoms with Crippen molar-refractivity contribution < 1.29 is 14.6 Å². The van der Waals surface area contributed by atoms with E-state index in [4.69, 9.17) is 9.84 Å². The molecule has 0 spiro atoms. The number of carboxylic acid groups (broad SMARTS) is 1. The Morgan fingerprint density at radius 3 is 2.19 bits per heavy atom. The van der Waals surface area contributed by atoms with E-state index in [1.54, 1.807) is 24.3 Å². The predicted octanol–water partition coefficient (Wildman–Crippen LogP) is 4.31. The normalized spacial score (nSPS) is 10.3. The summed E-state index contributed by atoms with van der Waals surface area (Å²) >= 11 is 0. The van der Waals surface area contributed by atoms with Crippen LogP contribution >= 0.6 is 0 Å². The molecule has 0 amide bonds. The smallest absolute Gasteiger partial charge is 0.335 e. The van der Waals surface area contributed by atoms with Crippen LogP contribution in [0.2, 0.25) is 0 Å². The van der Waals surface area contributed by atoms with Gasteiger partial charge in [0.2, 0.25) is 0 Å². The van der Waals surface area contributed by atoms with Gasteiger partial charge >= 0.3 is 5.97 Å². The van der Waals surface area contributed by atoms with Gasteiger partial charge in [0.15, 0.2) is 0 Å². The van der Waals surface area contributed by atoms with E-state index in [0.29, 0.717) is 12.4 Å². The van der Waals surface area contributed by atoms with Gasteiger partial charge in [-0.2, -0.15) is 0 Å². The molecule has 0 unspecified atom stereocenters. The van der Waals surface area contributed by atoms with Crippen LogP contribution in [-0.4, -0.2) is 11.1 Å². The Kier molecular flexibility index (Phi) is 5.38. The summed E-state index contributed by atoms with van der Waals surface area (Å²) in [5, 5.41) is 8.83. The van der Waals surface area contributed by atoms with Crippen LogP contribution in [0, 0.1) is 0 Å². The fourth-order valence-corrected chi connectivity index (χ4v) is 2.04. The number of unbranched alkanes of at least 4 members (excludes halogenated alkanes) is 1. The fourth-order valence-electron chi connectivity index (χ4n) is 2.04. The van der Waals surface area contributed by atoms with E-state index in [9.17, 15) is 4.79 Å². The Balaban J connectivity index is 1.88. The van der Waals surface area contributed by atoms with Crippen molar-refractivity contribution in [2.24, 2.45) is 0 Å². The molecule has 2 aromatic carbocycles. The lowest BCUT2D eigenvalue weighted by Gasteiger charge is -2.07. The molecular formula is C18H20O3. The Morgan fingerprint density at radius 1 is 1.00 bits per heavy atom. The molecule has 0 aliphatic rings. The van der Waals surface area contributed by atoms with Crippen LogP contribution in [-0.2, 0) is 13.0 Å². The highest BCUT2D eigenvalue weighted by atomic mass is 16.5. The number of carboxylic acids is 1. The SMILES string of the molecule is CCCCc1ccc(COc2ccc(C(=O)O)cc2)cc1. The summed E-state index contributed by atoms with van der Waals surface area (Å²) in [4.78, 5) is 10.8. The molecule has 3 heteroatoms. The third-order valence-corrected chi connectivity index (χ3v) is 3.35. The van der Waals surface area contributed by atoms with E-state index >= 15 is 0 Å². The summed E-state index contributed by atoms with van der Waals surface area (Å²) in [6.45, 7) is 2.68. The van der Waals surface area contributed by atoms with Crippen molar-refractivity contribution in [2.75, 3.05) is 0 Å². The number of hydrogen-bond acceptors (Lipinski definition) is 2. The largest absolute Gasteiger partial charge is 0.489 e. The molecule has 1 N–H and O–H groups in total. The Bertz CT molecular complexity index is 570. The molecule has 2 rings (SSSR count). The third-order valence-electron chi connectivity index (χ3n) is 3.35. The van der Waals surface area contributed by atoms with Crippen molar-refractivity contribution in [3.63, 3.8) is 0 Å². The molecule has 0 atom stereocenters. The molecule has 0 saturated carbocycles. The van der Waals surface area contributed by atoms with Gasteiger partial charge in [0.25, 0.3) is 0 Å². The van der Waals surface area contributed by atoms with E-state index in [0.717, 1.165) is 12.0 Å². The number of benzene rings is 2. The van der Waals surface area contributed by atoms with Crippen molar-refractivity contribution in [3.05, 3.63) is 65.2 Å². The van der Waals surface area contributed by atoms with E-state index in [2.05, 4.69) is 31.2 Å². The molecule has 0 fully saturated rings. The van der Waals surface area contributed by atoms with Crippen LogP contribution in [0.5, 0.6) is 5.75 Å². The zero-order valence-electron chi connectivity index (χ0n) is 12.2. The molecule has 0 aliphatic carbocycles. The van der Waals surface area contributed by atoms with Crippen molar-refractivity contribution in [2.45, 2.75) is 32.8 Å². The highest BCUT2D eigenvalue weighted by Crippen LogP contribution is 2.15. The van der Waals surface area contributed by atoms with E-state index in [1.807, 2.05) is 0 Å². The van der Waals surface area contributed by atoms with Gasteiger partial charge in [0.1, 0.15) is 12.4 Å². The summed E-state index contributed by atoms with van der Waals surface area (Å²) in [6.07, 6.45) is 3.54. The predicted molar refractivity (Wildman–Crippen MR) is 82.8 cm³/mol. The third kappa shape index (κ3) is 4.63. The molecule has 2 aromatic rings. The monoisotopic (exact) mass is 284 g/mol. The Morgan fingerprint density at radius 2 is 1.62 bits per heavy atom. The first-order valence-electron chi connectivity index (χ1n) is 7.23. The lowest BCUT2D eigenvalue weighted by atomic mass is 10.1. The van der Waals surface area contributed by atoms with E-state index in [-0.39, 0.29) is 5.56 Å². The van der Waals surface area contributed by atoms with Gasteiger partial charge in [0, 0.05) is 0 Å². The maximum absolute atomic E-state index is 10.8. The first-order chi connectivity index (χ1) is 10.2. The number of ether oxygens (including phenoxy) is 1. The van der Waals surface area contributed by atoms with Gasteiger partial charge in [-0.25, -0.2) is 4.79 Å². The van der Waals surface area contributed by atoms with Gasteiger partial charge in [-0.15, -0.1) is 0 Å². The zero-order valence-corrected chi connectivity index (χ0v) is 12.2. The lowest BCUT2D eigenvalue weighted by molar-refractivity contribution is 0.0697. The minimum Gasteiger partial charge on any atom is -0.489 e. The summed E-state index contributed by atoms with van der Waals surface area (Å²) in [5.41, 5.74) is 2.73. The van der Waals surface area contributed by atoms with Crippen molar-refractivity contribution in [3.8, 4) is 5.75 Å². The average Bonchev–Trinajstić information content (AvgIpc) is 2.52. The van der Waals surface area contributed by atoms with Gasteiger partial charge in [0.05, 0.1) is 5.56 Å². The first-order valence-corrected chi connectivity index (χ1v) is 7.23. The molecule has 110 valence electrons. The van der Waals surface area contributed by atoms with Crippen LogP contribution in [0.1, 0.15) is 41.3 Å². The summed E-state index contributed by atoms with van der Waals surface area (Å²) < 4.78 is 5.65. The maximum atomic E-state index is 10.8. The first kappa shape index (κ1) is 15.1. The number of aromatic carboxylic acids is 1. The van der Waals surface area contributed by atoms with Crippen LogP contribution in [0.3, 0.4) is 0 Å². The van der Waals surface area contributed by atoms with Gasteiger partial charge in [-0.1, -0.05) is 37.6 Å². The minimum absolute atomic E-state index is 0.266. The Labute approximate surface area is 125 Å². The highest BCUT2D eigenvalue weighted by molar-refractivity contribution is 5.87. The number of rotatable bonds is 7. The van der Waals surface area contributed by atoms with Crippen LogP contribution in [0.4, 0.5) is 0 Å². The number of carbonyl (C=O) groups is 1. The molecule has 3 nitrogen and oxygen atoms in total. The molecule has 0 aromatic heterocycles. The van der Waals surface area contributed by atoms with Crippen molar-refractivity contribution in [1.29, 1.82) is 0 Å². The second-order valence-corrected chi connectivity index (χ2v) is 5.04. The summed E-state index contributed by atoms with van der Waals surface area (Å²) in [7, 11) is 0. The fraction of sp³-hybridized carbons (Fsp3) is 0.278. The molecular weight excluding hydrogens is 264 g/mol. The maximum Gasteiger partial charge on any atom is 0.335 e. The van der Waals surface area contributed by atoms with Crippen LogP contribution in [0.15, 0.2) is 48.5 Å². The molecule has 0 heterocycles. The van der Waals surface area contributed by atoms with Crippen LogP contribution < -0.4 is 4.74 Å². The van der Waals surface area contributed by atoms with Crippen LogP contribution in [0.25, 0.3) is 0 Å². The number of hydrogen-bond donors (Lipinski definition) is 1. The summed E-state index contributed by atoms with van der Waals surface area (Å²) in [6, 6.07) is 14.9. The zero-order chi connectivity index (χ0) is 15.1. The topological polar surface area (TPSA) is 46.5 Å². The minimum atomic E-state index is -0.927. The second kappa shape index (κ2) is 7.48. The van der Waals surface area contributed by atoms with E-state index in [1.165, 1.54) is 18.4 Å². The second-order valence-electron chi connectivity index (χ2n) is 5.04. The average molecular weight is 284 g/mol. The van der Waals surface area contributed by atoms with Crippen molar-refractivity contribution in [1.82, 2.24) is 0 Å². The molecule has 0 bridgehead atoms. The molecule has 0 aliphatic heterocycles. The summed E-state index contributed by atoms with van der Waals surface area (Å²) in [5.74, 6) is -0.251. The Hall–Kier alpha value is -2.29. The quantitative estimate of drug-likeness (QED) is 0.824. The molecule has 0 saturated heterocycles.